The van der Waals surface area contributed by atoms with Crippen LogP contribution in [0.4, 0.5) is 0 Å². The number of carboxylic acids is 1. The topological polar surface area (TPSA) is 118 Å². The summed E-state index contributed by atoms with van der Waals surface area (Å²) in [6, 6.07) is -0.358. The molecule has 9 heteroatoms. The van der Waals surface area contributed by atoms with Crippen molar-refractivity contribution in [3.8, 4) is 0 Å². The fourth-order valence-electron chi connectivity index (χ4n) is 1.73. The fourth-order valence-corrected chi connectivity index (χ4v) is 4.61. The Morgan fingerprint density at radius 1 is 1.28 bits per heavy atom. The van der Waals surface area contributed by atoms with Gasteiger partial charge in [-0.3, -0.25) is 4.79 Å². The lowest BCUT2D eigenvalue weighted by molar-refractivity contribution is -0.137. The van der Waals surface area contributed by atoms with Crippen LogP contribution in [-0.4, -0.2) is 51.2 Å². The second kappa shape index (κ2) is 5.98. The first-order valence-corrected chi connectivity index (χ1v) is 9.10. The molecule has 0 bridgehead atoms. The molecular formula is C9H17NO6S2. The second-order valence-corrected chi connectivity index (χ2v) is 8.54. The molecule has 2 N–H and O–H groups in total. The van der Waals surface area contributed by atoms with Crippen molar-refractivity contribution in [2.75, 3.05) is 17.3 Å². The number of sulfone groups is 1. The molecule has 0 amide bonds. The Morgan fingerprint density at radius 3 is 2.33 bits per heavy atom. The van der Waals surface area contributed by atoms with E-state index in [-0.39, 0.29) is 49.0 Å². The van der Waals surface area contributed by atoms with Crippen LogP contribution in [0.15, 0.2) is 0 Å². The molecule has 7 nitrogen and oxygen atoms in total. The van der Waals surface area contributed by atoms with Gasteiger partial charge in [-0.2, -0.15) is 0 Å². The van der Waals surface area contributed by atoms with Crippen molar-refractivity contribution < 1.29 is 26.7 Å². The highest BCUT2D eigenvalue weighted by atomic mass is 32.2. The number of hydrogen-bond acceptors (Lipinski definition) is 5. The van der Waals surface area contributed by atoms with E-state index >= 15 is 0 Å². The van der Waals surface area contributed by atoms with Gasteiger partial charge in [0.25, 0.3) is 0 Å². The maximum atomic E-state index is 11.6. The smallest absolute Gasteiger partial charge is 0.303 e. The maximum absolute atomic E-state index is 11.6. The van der Waals surface area contributed by atoms with E-state index < -0.39 is 25.8 Å². The number of carboxylic acid groups (broad SMARTS) is 1. The van der Waals surface area contributed by atoms with E-state index in [1.165, 1.54) is 0 Å². The second-order valence-electron chi connectivity index (χ2n) is 4.36. The van der Waals surface area contributed by atoms with Gasteiger partial charge in [0.15, 0.2) is 0 Å². The molecule has 0 saturated carbocycles. The summed E-state index contributed by atoms with van der Waals surface area (Å²) in [5.74, 6) is -1.29. The first-order chi connectivity index (χ1) is 8.20. The summed E-state index contributed by atoms with van der Waals surface area (Å²) in [5, 5.41) is 8.41. The minimum Gasteiger partial charge on any atom is -0.481 e. The highest BCUT2D eigenvalue weighted by Crippen LogP contribution is 2.13. The van der Waals surface area contributed by atoms with Crippen LogP contribution in [0.3, 0.4) is 0 Å². The average molecular weight is 299 g/mol. The lowest BCUT2D eigenvalue weighted by Crippen LogP contribution is -2.41. The third-order valence-corrected chi connectivity index (χ3v) is 5.94. The predicted molar refractivity (Wildman–Crippen MR) is 65.5 cm³/mol. The van der Waals surface area contributed by atoms with E-state index in [9.17, 15) is 21.6 Å². The zero-order valence-electron chi connectivity index (χ0n) is 9.83. The van der Waals surface area contributed by atoms with Crippen molar-refractivity contribution in [2.45, 2.75) is 31.7 Å². The number of sulfonamides is 1. The molecule has 18 heavy (non-hydrogen) atoms. The van der Waals surface area contributed by atoms with Gasteiger partial charge in [0.2, 0.25) is 10.0 Å². The van der Waals surface area contributed by atoms with Crippen molar-refractivity contribution in [3.63, 3.8) is 0 Å². The molecule has 1 aliphatic heterocycles. The van der Waals surface area contributed by atoms with Crippen molar-refractivity contribution in [3.05, 3.63) is 0 Å². The van der Waals surface area contributed by atoms with Gasteiger partial charge in [0.05, 0.1) is 17.3 Å². The normalized spacial score (nSPS) is 20.7. The third-order valence-electron chi connectivity index (χ3n) is 2.70. The molecule has 0 aromatic rings. The Kier molecular flexibility index (Phi) is 5.11. The monoisotopic (exact) mass is 299 g/mol. The van der Waals surface area contributed by atoms with Crippen LogP contribution in [0.1, 0.15) is 25.7 Å². The zero-order chi connectivity index (χ0) is 13.8. The van der Waals surface area contributed by atoms with Crippen LogP contribution < -0.4 is 4.72 Å². The minimum absolute atomic E-state index is 0.00465. The minimum atomic E-state index is -3.52. The van der Waals surface area contributed by atoms with Crippen LogP contribution in [0.2, 0.25) is 0 Å². The predicted octanol–water partition coefficient (Wildman–Crippen LogP) is -0.652. The number of rotatable bonds is 6. The molecule has 0 aromatic heterocycles. The van der Waals surface area contributed by atoms with Gasteiger partial charge >= 0.3 is 5.97 Å². The summed E-state index contributed by atoms with van der Waals surface area (Å²) >= 11 is 0. The molecule has 0 atom stereocenters. The summed E-state index contributed by atoms with van der Waals surface area (Å²) < 4.78 is 47.9. The third kappa shape index (κ3) is 5.78. The first kappa shape index (κ1) is 15.4. The van der Waals surface area contributed by atoms with Crippen LogP contribution in [-0.2, 0) is 24.7 Å². The molecule has 1 fully saturated rings. The zero-order valence-corrected chi connectivity index (χ0v) is 11.5. The number of nitrogens with one attached hydrogen (secondary N) is 1. The molecule has 1 heterocycles. The van der Waals surface area contributed by atoms with Gasteiger partial charge in [-0.25, -0.2) is 21.6 Å². The van der Waals surface area contributed by atoms with E-state index in [0.717, 1.165) is 0 Å². The lowest BCUT2D eigenvalue weighted by Gasteiger charge is -2.22. The Balaban J connectivity index is 2.40. The summed E-state index contributed by atoms with van der Waals surface area (Å²) in [7, 11) is -6.53. The number of aliphatic carboxylic acids is 1. The Hall–Kier alpha value is -0.670. The molecule has 1 saturated heterocycles. The van der Waals surface area contributed by atoms with Crippen LogP contribution in [0.5, 0.6) is 0 Å². The number of carbonyl (C=O) groups is 1. The van der Waals surface area contributed by atoms with Gasteiger partial charge < -0.3 is 5.11 Å². The van der Waals surface area contributed by atoms with Gasteiger partial charge in [-0.1, -0.05) is 0 Å². The van der Waals surface area contributed by atoms with E-state index in [2.05, 4.69) is 4.72 Å². The maximum Gasteiger partial charge on any atom is 0.303 e. The van der Waals surface area contributed by atoms with Gasteiger partial charge in [0.1, 0.15) is 9.84 Å². The lowest BCUT2D eigenvalue weighted by atomic mass is 10.2. The molecule has 0 spiro atoms. The van der Waals surface area contributed by atoms with E-state index in [1.54, 1.807) is 0 Å². The molecule has 0 aliphatic carbocycles. The largest absolute Gasteiger partial charge is 0.481 e. The quantitative estimate of drug-likeness (QED) is 0.673. The SMILES string of the molecule is O=C(O)CCCS(=O)(=O)NC1CCS(=O)(=O)CC1. The van der Waals surface area contributed by atoms with Crippen LogP contribution in [0.25, 0.3) is 0 Å². The highest BCUT2D eigenvalue weighted by Gasteiger charge is 2.26. The number of hydrogen-bond donors (Lipinski definition) is 2. The van der Waals surface area contributed by atoms with E-state index in [0.29, 0.717) is 0 Å². The van der Waals surface area contributed by atoms with Crippen molar-refractivity contribution in [2.24, 2.45) is 0 Å². The highest BCUT2D eigenvalue weighted by molar-refractivity contribution is 7.91. The molecule has 1 aliphatic rings. The fraction of sp³-hybridized carbons (Fsp3) is 0.889. The Labute approximate surface area is 107 Å². The molecule has 1 rings (SSSR count). The molecular weight excluding hydrogens is 282 g/mol. The summed E-state index contributed by atoms with van der Waals surface area (Å²) in [6.07, 6.45) is 0.413. The molecule has 0 unspecified atom stereocenters. The first-order valence-electron chi connectivity index (χ1n) is 5.62. The van der Waals surface area contributed by atoms with Crippen LogP contribution >= 0.6 is 0 Å². The van der Waals surface area contributed by atoms with Gasteiger partial charge in [0, 0.05) is 12.5 Å². The van der Waals surface area contributed by atoms with E-state index in [4.69, 9.17) is 5.11 Å². The van der Waals surface area contributed by atoms with Gasteiger partial charge in [-0.05, 0) is 19.3 Å². The molecule has 0 aromatic carbocycles. The molecule has 106 valence electrons. The summed E-state index contributed by atoms with van der Waals surface area (Å²) in [4.78, 5) is 10.3. The van der Waals surface area contributed by atoms with Crippen LogP contribution in [0, 0.1) is 0 Å². The summed E-state index contributed by atoms with van der Waals surface area (Å²) in [5.41, 5.74) is 0. The Bertz CT molecular complexity index is 481. The Morgan fingerprint density at radius 2 is 1.83 bits per heavy atom. The van der Waals surface area contributed by atoms with E-state index in [1.807, 2.05) is 0 Å². The standard InChI is InChI=1S/C9H17NO6S2/c11-9(12)2-1-5-18(15,16)10-8-3-6-17(13,14)7-4-8/h8,10H,1-7H2,(H,11,12). The van der Waals surface area contributed by atoms with Gasteiger partial charge in [-0.15, -0.1) is 0 Å². The average Bonchev–Trinajstić information content (AvgIpc) is 2.20. The van der Waals surface area contributed by atoms with Crippen molar-refractivity contribution >= 4 is 25.8 Å². The van der Waals surface area contributed by atoms with Crippen molar-refractivity contribution in [1.29, 1.82) is 0 Å². The molecule has 0 radical (unpaired) electrons. The summed E-state index contributed by atoms with van der Waals surface area (Å²) in [6.45, 7) is 0. The van der Waals surface area contributed by atoms with Crippen molar-refractivity contribution in [1.82, 2.24) is 4.72 Å².